The van der Waals surface area contributed by atoms with Crippen LogP contribution in [0, 0.1) is 40.4 Å². The fourth-order valence-corrected chi connectivity index (χ4v) is 6.35. The first kappa shape index (κ1) is 34.8. The summed E-state index contributed by atoms with van der Waals surface area (Å²) in [7, 11) is 0. The molecule has 0 N–H and O–H groups in total. The third-order valence-electron chi connectivity index (χ3n) is 8.67. The Kier molecular flexibility index (Phi) is 10.6. The Balaban J connectivity index is 0.000000171. The number of para-hydroxylation sites is 4. The van der Waals surface area contributed by atoms with Gasteiger partial charge in [-0.05, 0) is 93.3 Å². The average molecular weight is 837 g/mol. The van der Waals surface area contributed by atoms with E-state index < -0.39 is 0 Å². The van der Waals surface area contributed by atoms with Crippen molar-refractivity contribution < 1.29 is 24.8 Å². The van der Waals surface area contributed by atoms with Crippen LogP contribution in [0.15, 0.2) is 128 Å². The minimum absolute atomic E-state index is 0. The molecule has 50 heavy (non-hydrogen) atoms. The first-order chi connectivity index (χ1) is 23.9. The normalized spacial score (nSPS) is 14.5. The van der Waals surface area contributed by atoms with Crippen molar-refractivity contribution in [3.63, 3.8) is 0 Å². The number of hydrogen-bond acceptors (Lipinski definition) is 7. The topological polar surface area (TPSA) is 48.0 Å². The van der Waals surface area contributed by atoms with Crippen LogP contribution in [0.3, 0.4) is 0 Å². The summed E-state index contributed by atoms with van der Waals surface area (Å²) in [6.07, 6.45) is 3.55. The molecule has 0 aliphatic carbocycles. The van der Waals surface area contributed by atoms with Gasteiger partial charge in [-0.15, -0.1) is 12.4 Å². The Labute approximate surface area is 309 Å². The van der Waals surface area contributed by atoms with E-state index in [4.69, 9.17) is 9.72 Å². The van der Waals surface area contributed by atoms with Gasteiger partial charge in [0.25, 0.3) is 0 Å². The van der Waals surface area contributed by atoms with Gasteiger partial charge in [-0.3, -0.25) is 9.80 Å². The van der Waals surface area contributed by atoms with Crippen molar-refractivity contribution in [3.05, 3.63) is 163 Å². The first-order valence-corrected chi connectivity index (χ1v) is 16.6. The molecule has 0 saturated carbocycles. The van der Waals surface area contributed by atoms with Gasteiger partial charge >= 0.3 is 0 Å². The molecule has 2 aliphatic rings. The van der Waals surface area contributed by atoms with Crippen molar-refractivity contribution in [1.29, 1.82) is 0 Å². The molecule has 8 heteroatoms. The number of hydrogen-bond donors (Lipinski definition) is 0. The molecule has 1 atom stereocenters. The molecule has 4 heterocycles. The minimum Gasteiger partial charge on any atom is -0.478 e. The van der Waals surface area contributed by atoms with E-state index >= 15 is 0 Å². The summed E-state index contributed by atoms with van der Waals surface area (Å²) in [6.45, 7) is 13.1. The molecule has 0 spiro atoms. The molecular formula is C42H40IrN6O-2. The summed E-state index contributed by atoms with van der Waals surface area (Å²) in [6, 6.07) is 42.7. The second kappa shape index (κ2) is 15.3. The van der Waals surface area contributed by atoms with E-state index in [0.29, 0.717) is 6.61 Å². The van der Waals surface area contributed by atoms with E-state index in [2.05, 4.69) is 138 Å². The van der Waals surface area contributed by atoms with Gasteiger partial charge in [-0.2, -0.15) is 30.3 Å². The van der Waals surface area contributed by atoms with Crippen LogP contribution in [0.5, 0.6) is 0 Å². The Hall–Kier alpha value is -5.01. The van der Waals surface area contributed by atoms with Gasteiger partial charge in [0, 0.05) is 56.2 Å². The smallest absolute Gasteiger partial charge is 0.220 e. The van der Waals surface area contributed by atoms with Crippen molar-refractivity contribution in [2.24, 2.45) is 0 Å². The Bertz CT molecular complexity index is 2060. The van der Waals surface area contributed by atoms with Crippen LogP contribution in [-0.4, -0.2) is 22.9 Å². The van der Waals surface area contributed by atoms with Gasteiger partial charge in [0.2, 0.25) is 6.35 Å². The number of aryl methyl sites for hydroxylation is 4. The molecule has 4 aromatic carbocycles. The molecule has 1 radical (unpaired) electrons. The maximum absolute atomic E-state index is 6.23. The van der Waals surface area contributed by atoms with Crippen LogP contribution < -0.4 is 19.6 Å². The van der Waals surface area contributed by atoms with E-state index in [1.165, 1.54) is 16.8 Å². The molecule has 0 bridgehead atoms. The van der Waals surface area contributed by atoms with Crippen molar-refractivity contribution in [2.45, 2.75) is 41.0 Å². The fourth-order valence-electron chi connectivity index (χ4n) is 6.35. The molecule has 0 saturated heterocycles. The predicted octanol–water partition coefficient (Wildman–Crippen LogP) is 10.2. The Morgan fingerprint density at radius 1 is 0.640 bits per heavy atom. The van der Waals surface area contributed by atoms with E-state index in [0.717, 1.165) is 51.2 Å². The molecule has 7 nitrogen and oxygen atoms in total. The molecular weight excluding hydrogens is 797 g/mol. The zero-order valence-electron chi connectivity index (χ0n) is 28.9. The Morgan fingerprint density at radius 2 is 1.24 bits per heavy atom. The quantitative estimate of drug-likeness (QED) is 0.155. The van der Waals surface area contributed by atoms with Gasteiger partial charge in [-0.1, -0.05) is 54.6 Å². The number of nitrogens with zero attached hydrogens (tertiary/aromatic N) is 6. The van der Waals surface area contributed by atoms with E-state index in [1.807, 2.05) is 61.8 Å². The molecule has 0 fully saturated rings. The Morgan fingerprint density at radius 3 is 1.88 bits per heavy atom. The molecule has 1 unspecified atom stereocenters. The van der Waals surface area contributed by atoms with Gasteiger partial charge in [0.05, 0.1) is 11.4 Å². The SMILES string of the molecule is CCOC1N(c2ccccc2C)c2cc(C)cnc2N1c1ccccc1.Cc1cnc2c(c1)N(c1ccccc1C)[CH-]N2c1[c-]cccc1.[Ir]. The van der Waals surface area contributed by atoms with Crippen molar-refractivity contribution in [2.75, 3.05) is 26.2 Å². The summed E-state index contributed by atoms with van der Waals surface area (Å²) in [5, 5.41) is 0. The number of benzene rings is 4. The van der Waals surface area contributed by atoms with Crippen LogP contribution in [0.1, 0.15) is 29.2 Å². The van der Waals surface area contributed by atoms with Crippen LogP contribution in [0.4, 0.5) is 45.8 Å². The second-order valence-corrected chi connectivity index (χ2v) is 12.2. The van der Waals surface area contributed by atoms with Crippen LogP contribution >= 0.6 is 0 Å². The number of anilines is 8. The first-order valence-electron chi connectivity index (χ1n) is 16.6. The maximum Gasteiger partial charge on any atom is 0.220 e. The predicted molar refractivity (Wildman–Crippen MR) is 200 cm³/mol. The molecule has 2 aliphatic heterocycles. The summed E-state index contributed by atoms with van der Waals surface area (Å²) < 4.78 is 6.23. The monoisotopic (exact) mass is 837 g/mol. The molecule has 2 aromatic heterocycles. The maximum atomic E-state index is 6.23. The summed E-state index contributed by atoms with van der Waals surface area (Å²) in [5.74, 6) is 1.85. The van der Waals surface area contributed by atoms with E-state index in [-0.39, 0.29) is 26.5 Å². The standard InChI is InChI=1S/C22H23N3O.C20H17N3.Ir/c1-4-26-22-24(18-11-6-5-7-12-18)21-20(14-16(2)15-23-21)25(22)19-13-9-8-10-17(19)3;1-15-12-19-20(21-13-15)22(17-9-4-3-5-10-17)14-23(19)18-11-7-6-8-16(18)2;/h5-15,22H,4H2,1-3H3;3-9,11-14H,1-2H3;/q;-2;. The average Bonchev–Trinajstić information content (AvgIpc) is 3.65. The zero-order valence-corrected chi connectivity index (χ0v) is 31.3. The summed E-state index contributed by atoms with van der Waals surface area (Å²) in [5.41, 5.74) is 11.2. The van der Waals surface area contributed by atoms with Crippen molar-refractivity contribution >= 4 is 45.8 Å². The summed E-state index contributed by atoms with van der Waals surface area (Å²) >= 11 is 0. The van der Waals surface area contributed by atoms with Crippen molar-refractivity contribution in [1.82, 2.24) is 9.97 Å². The third-order valence-corrected chi connectivity index (χ3v) is 8.67. The van der Waals surface area contributed by atoms with Crippen LogP contribution in [-0.2, 0) is 24.8 Å². The number of rotatable bonds is 6. The molecule has 255 valence electrons. The number of aromatic nitrogens is 2. The van der Waals surface area contributed by atoms with Crippen molar-refractivity contribution in [3.8, 4) is 0 Å². The van der Waals surface area contributed by atoms with E-state index in [9.17, 15) is 0 Å². The van der Waals surface area contributed by atoms with E-state index in [1.54, 1.807) is 0 Å². The summed E-state index contributed by atoms with van der Waals surface area (Å²) in [4.78, 5) is 18.1. The molecule has 8 rings (SSSR count). The van der Waals surface area contributed by atoms with Gasteiger partial charge in [0.15, 0.2) is 5.82 Å². The molecule has 6 aromatic rings. The number of fused-ring (bicyclic) bond motifs is 2. The largest absolute Gasteiger partial charge is 0.478 e. The van der Waals surface area contributed by atoms with Gasteiger partial charge < -0.3 is 14.5 Å². The number of ether oxygens (including phenoxy) is 1. The second-order valence-electron chi connectivity index (χ2n) is 12.2. The van der Waals surface area contributed by atoms with Gasteiger partial charge in [0.1, 0.15) is 5.82 Å². The fraction of sp³-hybridized carbons (Fsp3) is 0.167. The third kappa shape index (κ3) is 6.75. The zero-order chi connectivity index (χ0) is 33.9. The van der Waals surface area contributed by atoms with Gasteiger partial charge in [-0.25, -0.2) is 9.97 Å². The van der Waals surface area contributed by atoms with Crippen LogP contribution in [0.25, 0.3) is 0 Å². The van der Waals surface area contributed by atoms with Crippen LogP contribution in [0.2, 0.25) is 0 Å². The number of pyridine rings is 2. The molecule has 0 amide bonds. The minimum atomic E-state index is -0.271.